The van der Waals surface area contributed by atoms with Crippen molar-refractivity contribution in [3.63, 3.8) is 0 Å². The van der Waals surface area contributed by atoms with Crippen molar-refractivity contribution in [3.05, 3.63) is 75.8 Å². The van der Waals surface area contributed by atoms with E-state index >= 15 is 0 Å². The van der Waals surface area contributed by atoms with Gasteiger partial charge in [-0.05, 0) is 55.5 Å². The fraction of sp³-hybridized carbons (Fsp3) is 0.0870. The van der Waals surface area contributed by atoms with Crippen molar-refractivity contribution in [2.45, 2.75) is 6.92 Å². The number of carboxylic acid groups (broad SMARTS) is 1. The second-order valence-corrected chi connectivity index (χ2v) is 8.73. The van der Waals surface area contributed by atoms with Gasteiger partial charge in [0, 0.05) is 11.6 Å². The lowest BCUT2D eigenvalue weighted by Crippen LogP contribution is -2.27. The third kappa shape index (κ3) is 4.43. The van der Waals surface area contributed by atoms with E-state index in [2.05, 4.69) is 0 Å². The van der Waals surface area contributed by atoms with E-state index in [0.29, 0.717) is 38.6 Å². The van der Waals surface area contributed by atoms with Crippen molar-refractivity contribution >= 4 is 63.5 Å². The zero-order chi connectivity index (χ0) is 22.8. The van der Waals surface area contributed by atoms with Gasteiger partial charge >= 0.3 is 5.97 Å². The number of carbonyl (C=O) groups excluding carboxylic acids is 1. The Morgan fingerprint density at radius 1 is 1.22 bits per heavy atom. The van der Waals surface area contributed by atoms with Gasteiger partial charge in [0.15, 0.2) is 4.32 Å². The molecule has 162 valence electrons. The quantitative estimate of drug-likeness (QED) is 0.333. The van der Waals surface area contributed by atoms with Gasteiger partial charge in [-0.15, -0.1) is 0 Å². The highest BCUT2D eigenvalue weighted by Gasteiger charge is 2.33. The van der Waals surface area contributed by atoms with E-state index in [1.54, 1.807) is 48.5 Å². The van der Waals surface area contributed by atoms with Crippen molar-refractivity contribution in [3.8, 4) is 17.1 Å². The molecule has 0 saturated carbocycles. The summed E-state index contributed by atoms with van der Waals surface area (Å²) in [6.07, 6.45) is 1.63. The lowest BCUT2D eigenvalue weighted by atomic mass is 10.1. The number of hydrogen-bond acceptors (Lipinski definition) is 6. The van der Waals surface area contributed by atoms with Crippen LogP contribution >= 0.6 is 35.6 Å². The zero-order valence-corrected chi connectivity index (χ0v) is 19.1. The molecule has 0 spiro atoms. The van der Waals surface area contributed by atoms with E-state index in [1.807, 2.05) is 6.92 Å². The van der Waals surface area contributed by atoms with Gasteiger partial charge in [0.25, 0.3) is 5.91 Å². The van der Waals surface area contributed by atoms with E-state index in [9.17, 15) is 9.59 Å². The average Bonchev–Trinajstić information content (AvgIpc) is 3.33. The number of aromatic carboxylic acids is 1. The lowest BCUT2D eigenvalue weighted by Gasteiger charge is -2.15. The van der Waals surface area contributed by atoms with Crippen LogP contribution in [0.4, 0.5) is 5.69 Å². The van der Waals surface area contributed by atoms with Crippen molar-refractivity contribution in [1.29, 1.82) is 0 Å². The van der Waals surface area contributed by atoms with Crippen molar-refractivity contribution in [1.82, 2.24) is 0 Å². The summed E-state index contributed by atoms with van der Waals surface area (Å²) in [5, 5.41) is 9.22. The molecule has 9 heteroatoms. The summed E-state index contributed by atoms with van der Waals surface area (Å²) < 4.78 is 11.7. The Kier molecular flexibility index (Phi) is 6.36. The van der Waals surface area contributed by atoms with Crippen LogP contribution in [0.5, 0.6) is 5.75 Å². The summed E-state index contributed by atoms with van der Waals surface area (Å²) in [7, 11) is 0. The maximum absolute atomic E-state index is 13.0. The third-order valence-electron chi connectivity index (χ3n) is 4.58. The third-order valence-corrected chi connectivity index (χ3v) is 6.20. The molecule has 3 aromatic rings. The minimum Gasteiger partial charge on any atom is -0.494 e. The van der Waals surface area contributed by atoms with Crippen LogP contribution in [0.2, 0.25) is 5.02 Å². The number of ether oxygens (including phenoxy) is 1. The Bertz CT molecular complexity index is 1250. The Labute approximate surface area is 198 Å². The van der Waals surface area contributed by atoms with E-state index < -0.39 is 5.97 Å². The van der Waals surface area contributed by atoms with Crippen LogP contribution < -0.4 is 9.64 Å². The van der Waals surface area contributed by atoms with Crippen LogP contribution in [0.15, 0.2) is 63.9 Å². The Hall–Kier alpha value is -3.07. The molecule has 1 amide bonds. The molecule has 6 nitrogen and oxygen atoms in total. The highest BCUT2D eigenvalue weighted by molar-refractivity contribution is 8.27. The molecule has 0 bridgehead atoms. The van der Waals surface area contributed by atoms with Gasteiger partial charge in [0.1, 0.15) is 17.3 Å². The van der Waals surface area contributed by atoms with Crippen LogP contribution in [0, 0.1) is 0 Å². The normalized spacial score (nSPS) is 14.9. The number of rotatable bonds is 6. The molecule has 0 atom stereocenters. The number of carbonyl (C=O) groups is 2. The monoisotopic (exact) mass is 485 g/mol. The van der Waals surface area contributed by atoms with Crippen LogP contribution in [0.3, 0.4) is 0 Å². The van der Waals surface area contributed by atoms with E-state index in [1.165, 1.54) is 28.8 Å². The molecule has 1 aliphatic heterocycles. The van der Waals surface area contributed by atoms with Gasteiger partial charge < -0.3 is 14.3 Å². The van der Waals surface area contributed by atoms with Gasteiger partial charge in [-0.1, -0.05) is 41.6 Å². The van der Waals surface area contributed by atoms with Gasteiger partial charge in [-0.3, -0.25) is 9.69 Å². The predicted molar refractivity (Wildman–Crippen MR) is 129 cm³/mol. The minimum absolute atomic E-state index is 0.0140. The van der Waals surface area contributed by atoms with E-state index in [-0.39, 0.29) is 16.5 Å². The Morgan fingerprint density at radius 2 is 1.97 bits per heavy atom. The SMILES string of the molecule is CCOc1ccc(N2C(=O)/C(=C/c3ccc(-c4ccc(C(=O)O)c(Cl)c4)o3)SC2=S)cc1. The number of benzene rings is 2. The number of amides is 1. The smallest absolute Gasteiger partial charge is 0.337 e. The number of halogens is 1. The summed E-state index contributed by atoms with van der Waals surface area (Å²) in [4.78, 5) is 26.0. The molecule has 0 unspecified atom stereocenters. The topological polar surface area (TPSA) is 80.0 Å². The number of furan rings is 1. The average molecular weight is 486 g/mol. The van der Waals surface area contributed by atoms with Crippen molar-refractivity contribution in [2.24, 2.45) is 0 Å². The molecule has 1 fully saturated rings. The molecule has 2 heterocycles. The number of hydrogen-bond donors (Lipinski definition) is 1. The van der Waals surface area contributed by atoms with Crippen LogP contribution in [0.1, 0.15) is 23.0 Å². The van der Waals surface area contributed by atoms with Gasteiger partial charge in [0.2, 0.25) is 0 Å². The number of thioether (sulfide) groups is 1. The number of thiocarbonyl (C=S) groups is 1. The number of anilines is 1. The second-order valence-electron chi connectivity index (χ2n) is 6.65. The molecule has 32 heavy (non-hydrogen) atoms. The second kappa shape index (κ2) is 9.20. The summed E-state index contributed by atoms with van der Waals surface area (Å²) in [6, 6.07) is 15.2. The van der Waals surface area contributed by atoms with Crippen LogP contribution in [-0.2, 0) is 4.79 Å². The maximum Gasteiger partial charge on any atom is 0.337 e. The highest BCUT2D eigenvalue weighted by Crippen LogP contribution is 2.37. The van der Waals surface area contributed by atoms with Crippen molar-refractivity contribution < 1.29 is 23.8 Å². The van der Waals surface area contributed by atoms with E-state index in [0.717, 1.165) is 5.75 Å². The molecular weight excluding hydrogens is 470 g/mol. The van der Waals surface area contributed by atoms with Crippen LogP contribution in [-0.4, -0.2) is 27.9 Å². The molecule has 0 aliphatic carbocycles. The number of nitrogens with zero attached hydrogens (tertiary/aromatic N) is 1. The summed E-state index contributed by atoms with van der Waals surface area (Å²) >= 11 is 12.6. The fourth-order valence-corrected chi connectivity index (χ4v) is 4.65. The summed E-state index contributed by atoms with van der Waals surface area (Å²) in [6.45, 7) is 2.46. The first-order chi connectivity index (χ1) is 15.4. The largest absolute Gasteiger partial charge is 0.494 e. The van der Waals surface area contributed by atoms with Gasteiger partial charge in [0.05, 0.1) is 27.8 Å². The molecule has 1 saturated heterocycles. The predicted octanol–water partition coefficient (Wildman–Crippen LogP) is 6.10. The summed E-state index contributed by atoms with van der Waals surface area (Å²) in [5.74, 6) is 0.340. The Morgan fingerprint density at radius 3 is 2.62 bits per heavy atom. The van der Waals surface area contributed by atoms with Crippen molar-refractivity contribution in [2.75, 3.05) is 11.5 Å². The standard InChI is InChI=1S/C23H16ClNO5S2/c1-2-29-15-6-4-14(5-7-15)25-21(26)20(32-23(25)31)12-16-8-10-19(30-16)13-3-9-17(22(27)28)18(24)11-13/h3-12H,2H2,1H3,(H,27,28)/b20-12-. The van der Waals surface area contributed by atoms with Gasteiger partial charge in [-0.2, -0.15) is 0 Å². The highest BCUT2D eigenvalue weighted by atomic mass is 35.5. The molecular formula is C23H16ClNO5S2. The molecule has 1 aromatic heterocycles. The first kappa shape index (κ1) is 22.1. The molecule has 0 radical (unpaired) electrons. The van der Waals surface area contributed by atoms with Crippen LogP contribution in [0.25, 0.3) is 17.4 Å². The number of carboxylic acids is 1. The molecule has 1 aliphatic rings. The van der Waals surface area contributed by atoms with E-state index in [4.69, 9.17) is 38.1 Å². The first-order valence-corrected chi connectivity index (χ1v) is 11.1. The van der Waals surface area contributed by atoms with Gasteiger partial charge in [-0.25, -0.2) is 4.79 Å². The lowest BCUT2D eigenvalue weighted by molar-refractivity contribution is -0.113. The zero-order valence-electron chi connectivity index (χ0n) is 16.7. The fourth-order valence-electron chi connectivity index (χ4n) is 3.11. The minimum atomic E-state index is -1.10. The molecule has 1 N–H and O–H groups in total. The first-order valence-electron chi connectivity index (χ1n) is 9.51. The molecule has 4 rings (SSSR count). The maximum atomic E-state index is 13.0. The molecule has 2 aromatic carbocycles. The Balaban J connectivity index is 1.55. The summed E-state index contributed by atoms with van der Waals surface area (Å²) in [5.41, 5.74) is 1.30.